The third-order valence-corrected chi connectivity index (χ3v) is 12.3. The molecule has 0 saturated carbocycles. The molecule has 2 atom stereocenters. The molecule has 2 aromatic heterocycles. The Morgan fingerprint density at radius 2 is 0.760 bits per heavy atom. The van der Waals surface area contributed by atoms with Gasteiger partial charge in [0.1, 0.15) is 11.5 Å². The van der Waals surface area contributed by atoms with Crippen molar-refractivity contribution in [3.63, 3.8) is 0 Å². The molecule has 0 bridgehead atoms. The van der Waals surface area contributed by atoms with E-state index in [1.54, 1.807) is 22.7 Å². The van der Waals surface area contributed by atoms with Gasteiger partial charge in [-0.05, 0) is 72.5 Å². The summed E-state index contributed by atoms with van der Waals surface area (Å²) in [6.07, 6.45) is 32.0. The van der Waals surface area contributed by atoms with Gasteiger partial charge < -0.3 is 9.47 Å². The molecular formula is C46H74O2S2. The molecule has 0 amide bonds. The van der Waals surface area contributed by atoms with E-state index < -0.39 is 0 Å². The Bertz CT molecular complexity index is 1090. The first-order valence-corrected chi connectivity index (χ1v) is 23.0. The quantitative estimate of drug-likeness (QED) is 0.0597. The maximum absolute atomic E-state index is 6.92. The van der Waals surface area contributed by atoms with Gasteiger partial charge in [0.05, 0.1) is 13.2 Å². The molecule has 2 nitrogen and oxygen atoms in total. The molecule has 0 spiro atoms. The number of ether oxygens (including phenoxy) is 2. The molecule has 0 aliphatic carbocycles. The number of hydrogen-bond acceptors (Lipinski definition) is 4. The van der Waals surface area contributed by atoms with Crippen molar-refractivity contribution in [1.29, 1.82) is 0 Å². The number of thiophene rings is 2. The SMILES string of the molecule is CCCCCCCCC(CCCCCC)COc1cc(-c2cccs2)c(OCC(CCCCCC)CCCCCCCC)cc1-c1cccs1. The molecule has 0 fully saturated rings. The van der Waals surface area contributed by atoms with Gasteiger partial charge in [0.2, 0.25) is 0 Å². The zero-order valence-electron chi connectivity index (χ0n) is 32.8. The summed E-state index contributed by atoms with van der Waals surface area (Å²) in [5.74, 6) is 3.28. The van der Waals surface area contributed by atoms with E-state index >= 15 is 0 Å². The molecule has 2 heterocycles. The summed E-state index contributed by atoms with van der Waals surface area (Å²) in [7, 11) is 0. The van der Waals surface area contributed by atoms with Crippen molar-refractivity contribution in [2.45, 2.75) is 182 Å². The topological polar surface area (TPSA) is 18.5 Å². The highest BCUT2D eigenvalue weighted by Crippen LogP contribution is 2.44. The zero-order valence-corrected chi connectivity index (χ0v) is 34.4. The van der Waals surface area contributed by atoms with Gasteiger partial charge in [0.25, 0.3) is 0 Å². The van der Waals surface area contributed by atoms with Gasteiger partial charge >= 0.3 is 0 Å². The first kappa shape index (κ1) is 42.6. The van der Waals surface area contributed by atoms with Gasteiger partial charge in [-0.15, -0.1) is 22.7 Å². The summed E-state index contributed by atoms with van der Waals surface area (Å²) < 4.78 is 13.8. The lowest BCUT2D eigenvalue weighted by molar-refractivity contribution is 0.220. The van der Waals surface area contributed by atoms with Crippen LogP contribution in [0.3, 0.4) is 0 Å². The minimum atomic E-state index is 0.616. The van der Waals surface area contributed by atoms with Gasteiger partial charge in [0.15, 0.2) is 0 Å². The van der Waals surface area contributed by atoms with Gasteiger partial charge in [-0.3, -0.25) is 0 Å². The van der Waals surface area contributed by atoms with Crippen LogP contribution in [0.4, 0.5) is 0 Å². The monoisotopic (exact) mass is 723 g/mol. The minimum absolute atomic E-state index is 0.616. The highest BCUT2D eigenvalue weighted by molar-refractivity contribution is 7.14. The van der Waals surface area contributed by atoms with Gasteiger partial charge in [-0.1, -0.05) is 168 Å². The van der Waals surface area contributed by atoms with Crippen LogP contribution in [-0.2, 0) is 0 Å². The molecule has 0 saturated heterocycles. The van der Waals surface area contributed by atoms with Gasteiger partial charge in [-0.25, -0.2) is 0 Å². The van der Waals surface area contributed by atoms with E-state index in [1.807, 2.05) is 0 Å². The van der Waals surface area contributed by atoms with Crippen molar-refractivity contribution in [2.75, 3.05) is 13.2 Å². The Labute approximate surface area is 317 Å². The lowest BCUT2D eigenvalue weighted by Gasteiger charge is -2.22. The van der Waals surface area contributed by atoms with Crippen LogP contribution in [0, 0.1) is 11.8 Å². The largest absolute Gasteiger partial charge is 0.493 e. The first-order valence-electron chi connectivity index (χ1n) is 21.2. The lowest BCUT2D eigenvalue weighted by Crippen LogP contribution is -2.14. The van der Waals surface area contributed by atoms with E-state index in [2.05, 4.69) is 74.9 Å². The Kier molecular flexibility index (Phi) is 23.7. The van der Waals surface area contributed by atoms with Crippen LogP contribution in [0.25, 0.3) is 20.9 Å². The molecule has 0 aliphatic rings. The standard InChI is InChI=1S/C46H74O2S2/c1-5-9-13-17-19-23-29-39(27-21-15-11-7-3)37-47-43-35-42(46-32-26-34-50-46)44(36-41(43)45-31-25-33-49-45)48-38-40(28-22-16-12-8-4)30-24-20-18-14-10-6-2/h25-26,31-36,39-40H,5-24,27-30,37-38H2,1-4H3. The zero-order chi connectivity index (χ0) is 35.5. The highest BCUT2D eigenvalue weighted by Gasteiger charge is 2.20. The number of rotatable bonds is 32. The summed E-state index contributed by atoms with van der Waals surface area (Å²) in [6.45, 7) is 10.8. The molecule has 2 unspecified atom stereocenters. The van der Waals surface area contributed by atoms with E-state index in [0.717, 1.165) is 24.7 Å². The molecule has 3 aromatic rings. The van der Waals surface area contributed by atoms with Crippen molar-refractivity contribution in [1.82, 2.24) is 0 Å². The van der Waals surface area contributed by atoms with Crippen LogP contribution in [0.2, 0.25) is 0 Å². The highest BCUT2D eigenvalue weighted by atomic mass is 32.1. The molecule has 4 heteroatoms. The number of unbranched alkanes of at least 4 members (excludes halogenated alkanes) is 16. The van der Waals surface area contributed by atoms with Crippen molar-refractivity contribution in [3.05, 3.63) is 47.2 Å². The summed E-state index contributed by atoms with van der Waals surface area (Å²) in [4.78, 5) is 2.53. The molecule has 3 rings (SSSR count). The van der Waals surface area contributed by atoms with E-state index in [-0.39, 0.29) is 0 Å². The second-order valence-electron chi connectivity index (χ2n) is 15.0. The Balaban J connectivity index is 1.79. The smallest absolute Gasteiger partial charge is 0.128 e. The molecule has 0 N–H and O–H groups in total. The molecule has 0 radical (unpaired) electrons. The normalized spacial score (nSPS) is 12.7. The fourth-order valence-corrected chi connectivity index (χ4v) is 8.73. The predicted molar refractivity (Wildman–Crippen MR) is 225 cm³/mol. The van der Waals surface area contributed by atoms with Gasteiger partial charge in [0, 0.05) is 20.9 Å². The maximum atomic E-state index is 6.92. The summed E-state index contributed by atoms with van der Waals surface area (Å²) >= 11 is 3.61. The Morgan fingerprint density at radius 3 is 1.08 bits per heavy atom. The van der Waals surface area contributed by atoms with Crippen LogP contribution in [-0.4, -0.2) is 13.2 Å². The molecular weight excluding hydrogens is 649 g/mol. The van der Waals surface area contributed by atoms with E-state index in [0.29, 0.717) is 11.8 Å². The minimum Gasteiger partial charge on any atom is -0.493 e. The van der Waals surface area contributed by atoms with E-state index in [4.69, 9.17) is 9.47 Å². The fraction of sp³-hybridized carbons (Fsp3) is 0.696. The number of hydrogen-bond donors (Lipinski definition) is 0. The first-order chi connectivity index (χ1) is 24.7. The van der Waals surface area contributed by atoms with Crippen LogP contribution in [0.15, 0.2) is 47.2 Å². The second-order valence-corrected chi connectivity index (χ2v) is 16.9. The van der Waals surface area contributed by atoms with Crippen LogP contribution >= 0.6 is 22.7 Å². The summed E-state index contributed by atoms with van der Waals surface area (Å²) in [6, 6.07) is 13.5. The molecule has 282 valence electrons. The van der Waals surface area contributed by atoms with Crippen LogP contribution in [0.5, 0.6) is 11.5 Å². The van der Waals surface area contributed by atoms with Crippen LogP contribution in [0.1, 0.15) is 182 Å². The molecule has 0 aliphatic heterocycles. The Hall–Kier alpha value is -1.78. The van der Waals surface area contributed by atoms with Crippen molar-refractivity contribution < 1.29 is 9.47 Å². The van der Waals surface area contributed by atoms with E-state index in [9.17, 15) is 0 Å². The molecule has 50 heavy (non-hydrogen) atoms. The van der Waals surface area contributed by atoms with Crippen molar-refractivity contribution >= 4 is 22.7 Å². The summed E-state index contributed by atoms with van der Waals surface area (Å²) in [5.41, 5.74) is 2.38. The molecule has 1 aromatic carbocycles. The van der Waals surface area contributed by atoms with Crippen molar-refractivity contribution in [3.8, 4) is 32.4 Å². The van der Waals surface area contributed by atoms with E-state index in [1.165, 1.54) is 175 Å². The third kappa shape index (κ3) is 17.2. The van der Waals surface area contributed by atoms with Crippen LogP contribution < -0.4 is 9.47 Å². The average molecular weight is 723 g/mol. The fourth-order valence-electron chi connectivity index (χ4n) is 7.23. The third-order valence-electron chi connectivity index (χ3n) is 10.5. The second kappa shape index (κ2) is 27.8. The Morgan fingerprint density at radius 1 is 0.440 bits per heavy atom. The number of benzene rings is 1. The predicted octanol–water partition coefficient (Wildman–Crippen LogP) is 16.6. The maximum Gasteiger partial charge on any atom is 0.128 e. The average Bonchev–Trinajstić information content (AvgIpc) is 3.88. The van der Waals surface area contributed by atoms with Crippen molar-refractivity contribution in [2.24, 2.45) is 11.8 Å². The van der Waals surface area contributed by atoms with Gasteiger partial charge in [-0.2, -0.15) is 0 Å². The lowest BCUT2D eigenvalue weighted by atomic mass is 9.94. The summed E-state index contributed by atoms with van der Waals surface area (Å²) in [5, 5.41) is 4.38.